The van der Waals surface area contributed by atoms with E-state index in [4.69, 9.17) is 0 Å². The molecule has 0 aliphatic carbocycles. The van der Waals surface area contributed by atoms with Crippen LogP contribution in [0, 0.1) is 5.92 Å². The number of rotatable bonds is 5. The highest BCUT2D eigenvalue weighted by Crippen LogP contribution is 2.27. The third-order valence-electron chi connectivity index (χ3n) is 5.64. The number of para-hydroxylation sites is 1. The number of benzene rings is 2. The van der Waals surface area contributed by atoms with Crippen molar-refractivity contribution in [3.63, 3.8) is 0 Å². The Morgan fingerprint density at radius 3 is 2.52 bits per heavy atom. The Kier molecular flexibility index (Phi) is 5.60. The van der Waals surface area contributed by atoms with Crippen molar-refractivity contribution in [2.45, 2.75) is 32.1 Å². The predicted octanol–water partition coefficient (Wildman–Crippen LogP) is 3.45. The molecule has 6 heteroatoms. The first-order chi connectivity index (χ1) is 14.1. The lowest BCUT2D eigenvalue weighted by Gasteiger charge is -2.24. The molecule has 2 aromatic carbocycles. The minimum absolute atomic E-state index is 0.0266. The molecular weight excluding hydrogens is 366 g/mol. The summed E-state index contributed by atoms with van der Waals surface area (Å²) in [4.78, 5) is 38.8. The van der Waals surface area contributed by atoms with Gasteiger partial charge < -0.3 is 15.5 Å². The van der Waals surface area contributed by atoms with Crippen LogP contribution in [0.5, 0.6) is 0 Å². The number of nitrogens with zero attached hydrogens (tertiary/aromatic N) is 1. The number of carbonyl (C=O) groups excluding carboxylic acids is 3. The number of hydrogen-bond acceptors (Lipinski definition) is 3. The normalized spacial score (nSPS) is 18.1. The van der Waals surface area contributed by atoms with Crippen molar-refractivity contribution < 1.29 is 14.4 Å². The van der Waals surface area contributed by atoms with Crippen molar-refractivity contribution >= 4 is 29.1 Å². The summed E-state index contributed by atoms with van der Waals surface area (Å²) < 4.78 is 0. The van der Waals surface area contributed by atoms with E-state index < -0.39 is 0 Å². The highest BCUT2D eigenvalue weighted by Gasteiger charge is 2.26. The SMILES string of the molecule is O=C(CCC1Cc2ccccc2NC1=O)Nc1ccc(C(=O)N2CCCC2)cc1. The number of nitrogens with one attached hydrogen (secondary N) is 2. The zero-order valence-corrected chi connectivity index (χ0v) is 16.3. The summed E-state index contributed by atoms with van der Waals surface area (Å²) in [6.07, 6.45) is 3.55. The fourth-order valence-corrected chi connectivity index (χ4v) is 3.97. The first-order valence-corrected chi connectivity index (χ1v) is 10.2. The van der Waals surface area contributed by atoms with Gasteiger partial charge in [-0.2, -0.15) is 0 Å². The van der Waals surface area contributed by atoms with Crippen LogP contribution in [-0.2, 0) is 16.0 Å². The molecule has 0 bridgehead atoms. The van der Waals surface area contributed by atoms with Gasteiger partial charge in [-0.3, -0.25) is 14.4 Å². The molecule has 0 spiro atoms. The van der Waals surface area contributed by atoms with Gasteiger partial charge in [0, 0.05) is 42.4 Å². The average Bonchev–Trinajstić information content (AvgIpc) is 3.27. The molecule has 0 aromatic heterocycles. The van der Waals surface area contributed by atoms with Crippen molar-refractivity contribution in [3.8, 4) is 0 Å². The summed E-state index contributed by atoms with van der Waals surface area (Å²) in [5.41, 5.74) is 3.27. The second-order valence-electron chi connectivity index (χ2n) is 7.71. The number of amides is 3. The fraction of sp³-hybridized carbons (Fsp3) is 0.348. The zero-order chi connectivity index (χ0) is 20.2. The molecule has 3 amide bonds. The number of anilines is 2. The summed E-state index contributed by atoms with van der Waals surface area (Å²) in [5, 5.41) is 5.77. The van der Waals surface area contributed by atoms with Gasteiger partial charge in [-0.15, -0.1) is 0 Å². The lowest BCUT2D eigenvalue weighted by Crippen LogP contribution is -2.30. The molecule has 1 saturated heterocycles. The number of likely N-dealkylation sites (tertiary alicyclic amines) is 1. The molecule has 1 atom stereocenters. The van der Waals surface area contributed by atoms with Crippen LogP contribution >= 0.6 is 0 Å². The Morgan fingerprint density at radius 2 is 1.76 bits per heavy atom. The van der Waals surface area contributed by atoms with Crippen LogP contribution in [0.3, 0.4) is 0 Å². The molecule has 150 valence electrons. The third-order valence-corrected chi connectivity index (χ3v) is 5.64. The number of carbonyl (C=O) groups is 3. The lowest BCUT2D eigenvalue weighted by atomic mass is 9.89. The fourth-order valence-electron chi connectivity index (χ4n) is 3.97. The van der Waals surface area contributed by atoms with E-state index in [1.807, 2.05) is 29.2 Å². The van der Waals surface area contributed by atoms with Gasteiger partial charge in [0.15, 0.2) is 0 Å². The summed E-state index contributed by atoms with van der Waals surface area (Å²) in [7, 11) is 0. The minimum Gasteiger partial charge on any atom is -0.339 e. The van der Waals surface area contributed by atoms with E-state index in [1.165, 1.54) is 0 Å². The van der Waals surface area contributed by atoms with Crippen LogP contribution in [0.4, 0.5) is 11.4 Å². The monoisotopic (exact) mass is 391 g/mol. The maximum absolute atomic E-state index is 12.4. The smallest absolute Gasteiger partial charge is 0.253 e. The first kappa shape index (κ1) is 19.2. The second kappa shape index (κ2) is 8.47. The summed E-state index contributed by atoms with van der Waals surface area (Å²) in [6.45, 7) is 1.63. The van der Waals surface area contributed by atoms with Crippen molar-refractivity contribution in [3.05, 3.63) is 59.7 Å². The second-order valence-corrected chi connectivity index (χ2v) is 7.71. The maximum atomic E-state index is 12.4. The van der Waals surface area contributed by atoms with Crippen LogP contribution < -0.4 is 10.6 Å². The van der Waals surface area contributed by atoms with E-state index in [0.29, 0.717) is 24.1 Å². The lowest BCUT2D eigenvalue weighted by molar-refractivity contribution is -0.121. The molecule has 1 fully saturated rings. The maximum Gasteiger partial charge on any atom is 0.253 e. The van der Waals surface area contributed by atoms with Gasteiger partial charge in [0.05, 0.1) is 0 Å². The van der Waals surface area contributed by atoms with Gasteiger partial charge in [-0.05, 0) is 61.6 Å². The van der Waals surface area contributed by atoms with E-state index in [1.54, 1.807) is 24.3 Å². The molecule has 0 radical (unpaired) electrons. The molecule has 2 aliphatic heterocycles. The highest BCUT2D eigenvalue weighted by atomic mass is 16.2. The Labute approximate surface area is 170 Å². The molecule has 1 unspecified atom stereocenters. The van der Waals surface area contributed by atoms with Crippen molar-refractivity contribution in [1.82, 2.24) is 4.90 Å². The Bertz CT molecular complexity index is 917. The third kappa shape index (κ3) is 4.47. The highest BCUT2D eigenvalue weighted by molar-refractivity contribution is 5.97. The molecule has 6 nitrogen and oxygen atoms in total. The molecule has 2 heterocycles. The van der Waals surface area contributed by atoms with Crippen LogP contribution in [0.25, 0.3) is 0 Å². The molecule has 4 rings (SSSR count). The molecule has 0 saturated carbocycles. The van der Waals surface area contributed by atoms with Gasteiger partial charge in [0.1, 0.15) is 0 Å². The van der Waals surface area contributed by atoms with Crippen LogP contribution in [0.1, 0.15) is 41.6 Å². The summed E-state index contributed by atoms with van der Waals surface area (Å²) >= 11 is 0. The van der Waals surface area contributed by atoms with Crippen LogP contribution in [-0.4, -0.2) is 35.7 Å². The number of fused-ring (bicyclic) bond motifs is 1. The van der Waals surface area contributed by atoms with Gasteiger partial charge in [-0.25, -0.2) is 0 Å². The molecule has 29 heavy (non-hydrogen) atoms. The van der Waals surface area contributed by atoms with Crippen LogP contribution in [0.15, 0.2) is 48.5 Å². The van der Waals surface area contributed by atoms with E-state index >= 15 is 0 Å². The molecule has 2 aromatic rings. The standard InChI is InChI=1S/C23H25N3O3/c27-21(12-9-18-15-17-5-1-2-6-20(17)25-22(18)28)24-19-10-7-16(8-11-19)23(29)26-13-3-4-14-26/h1-2,5-8,10-11,18H,3-4,9,12-15H2,(H,24,27)(H,25,28). The predicted molar refractivity (Wildman–Crippen MR) is 112 cm³/mol. The first-order valence-electron chi connectivity index (χ1n) is 10.2. The topological polar surface area (TPSA) is 78.5 Å². The molecule has 2 aliphatic rings. The quantitative estimate of drug-likeness (QED) is 0.819. The van der Waals surface area contributed by atoms with Gasteiger partial charge >= 0.3 is 0 Å². The average molecular weight is 391 g/mol. The zero-order valence-electron chi connectivity index (χ0n) is 16.3. The van der Waals surface area contributed by atoms with Gasteiger partial charge in [0.2, 0.25) is 11.8 Å². The van der Waals surface area contributed by atoms with Gasteiger partial charge in [-0.1, -0.05) is 18.2 Å². The van der Waals surface area contributed by atoms with Crippen LogP contribution in [0.2, 0.25) is 0 Å². The number of hydrogen-bond donors (Lipinski definition) is 2. The largest absolute Gasteiger partial charge is 0.339 e. The summed E-state index contributed by atoms with van der Waals surface area (Å²) in [6, 6.07) is 14.8. The van der Waals surface area contributed by atoms with Crippen molar-refractivity contribution in [1.29, 1.82) is 0 Å². The van der Waals surface area contributed by atoms with E-state index in [0.717, 1.165) is 37.2 Å². The van der Waals surface area contributed by atoms with E-state index in [9.17, 15) is 14.4 Å². The Morgan fingerprint density at radius 1 is 1.03 bits per heavy atom. The van der Waals surface area contributed by atoms with Crippen molar-refractivity contribution in [2.75, 3.05) is 23.7 Å². The minimum atomic E-state index is -0.198. The molecular formula is C23H25N3O3. The molecule has 2 N–H and O–H groups in total. The van der Waals surface area contributed by atoms with E-state index in [-0.39, 0.29) is 30.1 Å². The Hall–Kier alpha value is -3.15. The summed E-state index contributed by atoms with van der Waals surface area (Å²) in [5.74, 6) is -0.309. The van der Waals surface area contributed by atoms with Crippen molar-refractivity contribution in [2.24, 2.45) is 5.92 Å². The Balaban J connectivity index is 1.28. The van der Waals surface area contributed by atoms with Gasteiger partial charge in [0.25, 0.3) is 5.91 Å². The van der Waals surface area contributed by atoms with E-state index in [2.05, 4.69) is 10.6 Å².